The van der Waals surface area contributed by atoms with Crippen molar-refractivity contribution < 1.29 is 28.6 Å². The lowest BCUT2D eigenvalue weighted by molar-refractivity contribution is -0.305. The van der Waals surface area contributed by atoms with Crippen molar-refractivity contribution in [2.24, 2.45) is 0 Å². The topological polar surface area (TPSA) is 118 Å². The number of methoxy groups -OCH3 is 1. The van der Waals surface area contributed by atoms with Crippen molar-refractivity contribution in [2.45, 2.75) is 6.42 Å². The van der Waals surface area contributed by atoms with Gasteiger partial charge in [-0.05, 0) is 35.4 Å². The van der Waals surface area contributed by atoms with Gasteiger partial charge in [-0.1, -0.05) is 12.1 Å². The van der Waals surface area contributed by atoms with Gasteiger partial charge in [0.25, 0.3) is 5.91 Å². The zero-order chi connectivity index (χ0) is 20.8. The van der Waals surface area contributed by atoms with Crippen LogP contribution in [0.5, 0.6) is 11.5 Å². The molecule has 1 amide bonds. The lowest BCUT2D eigenvalue weighted by atomic mass is 10.0. The quantitative estimate of drug-likeness (QED) is 0.567. The number of rotatable bonds is 8. The Morgan fingerprint density at radius 1 is 1.07 bits per heavy atom. The summed E-state index contributed by atoms with van der Waals surface area (Å²) in [7, 11) is 1.58. The van der Waals surface area contributed by atoms with Gasteiger partial charge < -0.3 is 29.1 Å². The number of carbonyl (C=O) groups excluding carboxylic acids is 2. The number of amides is 1. The van der Waals surface area contributed by atoms with Crippen molar-refractivity contribution in [2.75, 3.05) is 20.3 Å². The van der Waals surface area contributed by atoms with E-state index in [0.29, 0.717) is 28.0 Å². The van der Waals surface area contributed by atoms with Crippen molar-refractivity contribution in [3.05, 3.63) is 59.0 Å². The fourth-order valence-electron chi connectivity index (χ4n) is 2.75. The fraction of sp³-hybridized carbons (Fsp3) is 0.190. The summed E-state index contributed by atoms with van der Waals surface area (Å²) in [5.74, 6) is -0.680. The summed E-state index contributed by atoms with van der Waals surface area (Å²) < 4.78 is 15.8. The van der Waals surface area contributed by atoms with Crippen molar-refractivity contribution in [3.8, 4) is 22.6 Å². The SMILES string of the molecule is COc1ccc(-c2cc(=O)oc3cc(OCC(=O)NCCC(=O)[O-])ccc23)cc1. The normalized spacial score (nSPS) is 10.5. The second kappa shape index (κ2) is 8.92. The molecule has 0 saturated heterocycles. The lowest BCUT2D eigenvalue weighted by Crippen LogP contribution is -2.33. The predicted molar refractivity (Wildman–Crippen MR) is 103 cm³/mol. The average molecular weight is 396 g/mol. The maximum Gasteiger partial charge on any atom is 0.336 e. The number of benzene rings is 2. The summed E-state index contributed by atoms with van der Waals surface area (Å²) in [6.45, 7) is -0.344. The summed E-state index contributed by atoms with van der Waals surface area (Å²) in [6.07, 6.45) is -0.277. The highest BCUT2D eigenvalue weighted by molar-refractivity contribution is 5.93. The Morgan fingerprint density at radius 3 is 2.48 bits per heavy atom. The molecule has 0 saturated carbocycles. The standard InChI is InChI=1S/C21H19NO7/c1-27-14-4-2-13(3-5-14)17-11-21(26)29-18-10-15(6-7-16(17)18)28-12-19(23)22-9-8-20(24)25/h2-7,10-11H,8-9,12H2,1H3,(H,22,23)(H,24,25)/p-1. The Morgan fingerprint density at radius 2 is 1.79 bits per heavy atom. The molecule has 150 valence electrons. The zero-order valence-electron chi connectivity index (χ0n) is 15.6. The molecule has 3 aromatic rings. The summed E-state index contributed by atoms with van der Waals surface area (Å²) in [5.41, 5.74) is 1.33. The molecule has 0 atom stereocenters. The van der Waals surface area contributed by atoms with E-state index in [0.717, 1.165) is 5.56 Å². The van der Waals surface area contributed by atoms with Gasteiger partial charge in [0.1, 0.15) is 17.1 Å². The molecule has 8 heteroatoms. The molecule has 29 heavy (non-hydrogen) atoms. The minimum atomic E-state index is -1.25. The molecule has 0 aliphatic carbocycles. The van der Waals surface area contributed by atoms with Gasteiger partial charge in [0.2, 0.25) is 0 Å². The third kappa shape index (κ3) is 5.13. The van der Waals surface area contributed by atoms with Gasteiger partial charge >= 0.3 is 5.63 Å². The second-order valence-electron chi connectivity index (χ2n) is 6.13. The van der Waals surface area contributed by atoms with Crippen molar-refractivity contribution in [3.63, 3.8) is 0 Å². The number of ether oxygens (including phenoxy) is 2. The molecule has 0 spiro atoms. The van der Waals surface area contributed by atoms with E-state index in [9.17, 15) is 19.5 Å². The zero-order valence-corrected chi connectivity index (χ0v) is 15.6. The Kier molecular flexibility index (Phi) is 6.13. The van der Waals surface area contributed by atoms with Crippen LogP contribution in [0, 0.1) is 0 Å². The van der Waals surface area contributed by atoms with E-state index in [1.54, 1.807) is 31.4 Å². The van der Waals surface area contributed by atoms with E-state index in [1.807, 2.05) is 12.1 Å². The summed E-state index contributed by atoms with van der Waals surface area (Å²) in [4.78, 5) is 34.0. The molecule has 2 aromatic carbocycles. The number of hydrogen-bond acceptors (Lipinski definition) is 7. The largest absolute Gasteiger partial charge is 0.550 e. The van der Waals surface area contributed by atoms with Gasteiger partial charge in [-0.2, -0.15) is 0 Å². The third-order valence-corrected chi connectivity index (χ3v) is 4.14. The smallest absolute Gasteiger partial charge is 0.336 e. The molecule has 1 N–H and O–H groups in total. The Balaban J connectivity index is 1.78. The van der Waals surface area contributed by atoms with Gasteiger partial charge in [-0.3, -0.25) is 4.79 Å². The molecule has 1 aromatic heterocycles. The van der Waals surface area contributed by atoms with Crippen LogP contribution in [-0.2, 0) is 9.59 Å². The molecule has 0 radical (unpaired) electrons. The van der Waals surface area contributed by atoms with Gasteiger partial charge in [-0.25, -0.2) is 4.79 Å². The highest BCUT2D eigenvalue weighted by Crippen LogP contribution is 2.30. The van der Waals surface area contributed by atoms with Gasteiger partial charge in [0.05, 0.1) is 7.11 Å². The first-order chi connectivity index (χ1) is 14.0. The fourth-order valence-corrected chi connectivity index (χ4v) is 2.75. The van der Waals surface area contributed by atoms with Crippen LogP contribution in [0.1, 0.15) is 6.42 Å². The van der Waals surface area contributed by atoms with E-state index < -0.39 is 17.5 Å². The van der Waals surface area contributed by atoms with E-state index in [1.165, 1.54) is 12.1 Å². The molecule has 3 rings (SSSR count). The number of carboxylic acids is 1. The molecular formula is C21H18NO7-. The van der Waals surface area contributed by atoms with Crippen LogP contribution < -0.4 is 25.5 Å². The third-order valence-electron chi connectivity index (χ3n) is 4.14. The molecule has 1 heterocycles. The maximum absolute atomic E-state index is 12.0. The Hall–Kier alpha value is -3.81. The summed E-state index contributed by atoms with van der Waals surface area (Å²) in [6, 6.07) is 13.6. The van der Waals surface area contributed by atoms with Gasteiger partial charge in [0, 0.05) is 36.5 Å². The van der Waals surface area contributed by atoms with Crippen LogP contribution in [0.15, 0.2) is 57.7 Å². The first-order valence-corrected chi connectivity index (χ1v) is 8.78. The first-order valence-electron chi connectivity index (χ1n) is 8.78. The van der Waals surface area contributed by atoms with Gasteiger partial charge in [0.15, 0.2) is 6.61 Å². The molecule has 0 unspecified atom stereocenters. The Bertz CT molecular complexity index is 1090. The van der Waals surface area contributed by atoms with E-state index in [4.69, 9.17) is 13.9 Å². The van der Waals surface area contributed by atoms with E-state index in [-0.39, 0.29) is 19.6 Å². The van der Waals surface area contributed by atoms with Crippen LogP contribution in [0.3, 0.4) is 0 Å². The predicted octanol–water partition coefficient (Wildman–Crippen LogP) is 1.10. The lowest BCUT2D eigenvalue weighted by Gasteiger charge is -2.10. The molecule has 0 bridgehead atoms. The molecule has 0 fully saturated rings. The minimum Gasteiger partial charge on any atom is -0.550 e. The van der Waals surface area contributed by atoms with E-state index >= 15 is 0 Å². The monoisotopic (exact) mass is 396 g/mol. The number of nitrogens with one attached hydrogen (secondary N) is 1. The van der Waals surface area contributed by atoms with Crippen molar-refractivity contribution in [1.29, 1.82) is 0 Å². The number of hydrogen-bond donors (Lipinski definition) is 1. The van der Waals surface area contributed by atoms with Crippen LogP contribution in [-0.4, -0.2) is 32.1 Å². The molecular weight excluding hydrogens is 378 g/mol. The maximum atomic E-state index is 12.0. The van der Waals surface area contributed by atoms with Crippen molar-refractivity contribution in [1.82, 2.24) is 5.32 Å². The molecule has 0 aliphatic heterocycles. The highest BCUT2D eigenvalue weighted by Gasteiger charge is 2.10. The highest BCUT2D eigenvalue weighted by atomic mass is 16.5. The van der Waals surface area contributed by atoms with Crippen LogP contribution in [0.25, 0.3) is 22.1 Å². The first kappa shape index (κ1) is 19.9. The van der Waals surface area contributed by atoms with Gasteiger partial charge in [-0.15, -0.1) is 0 Å². The molecule has 8 nitrogen and oxygen atoms in total. The number of fused-ring (bicyclic) bond motifs is 1. The number of carboxylic acid groups (broad SMARTS) is 1. The molecule has 0 aliphatic rings. The summed E-state index contributed by atoms with van der Waals surface area (Å²) >= 11 is 0. The van der Waals surface area contributed by atoms with Crippen LogP contribution >= 0.6 is 0 Å². The Labute approximate surface area is 165 Å². The second-order valence-corrected chi connectivity index (χ2v) is 6.13. The minimum absolute atomic E-state index is 0.0393. The van der Waals surface area contributed by atoms with Crippen molar-refractivity contribution >= 4 is 22.8 Å². The summed E-state index contributed by atoms with van der Waals surface area (Å²) in [5, 5.41) is 13.4. The number of carbonyl (C=O) groups is 2. The van der Waals surface area contributed by atoms with Crippen LogP contribution in [0.4, 0.5) is 0 Å². The average Bonchev–Trinajstić information content (AvgIpc) is 2.71. The van der Waals surface area contributed by atoms with E-state index in [2.05, 4.69) is 5.32 Å². The number of aliphatic carboxylic acids is 1. The van der Waals surface area contributed by atoms with Crippen LogP contribution in [0.2, 0.25) is 0 Å².